The first-order valence-electron chi connectivity index (χ1n) is 10.9. The molecular formula is C24H31FN4O4SSi. The number of hydrogen-bond acceptors (Lipinski definition) is 7. The second-order valence-corrected chi connectivity index (χ2v) is 15.0. The van der Waals surface area contributed by atoms with Crippen LogP contribution in [0.4, 0.5) is 20.6 Å². The third-order valence-electron chi connectivity index (χ3n) is 4.93. The molecule has 2 aromatic carbocycles. The van der Waals surface area contributed by atoms with Crippen molar-refractivity contribution in [3.05, 3.63) is 47.3 Å². The molecule has 188 valence electrons. The highest BCUT2D eigenvalue weighted by Gasteiger charge is 2.15. The fourth-order valence-corrected chi connectivity index (χ4v) is 3.83. The van der Waals surface area contributed by atoms with Gasteiger partial charge in [-0.1, -0.05) is 31.9 Å². The Morgan fingerprint density at radius 3 is 2.54 bits per heavy atom. The number of carbonyl (C=O) groups excluding carboxylic acids is 1. The molecule has 3 N–H and O–H groups in total. The normalized spacial score (nSPS) is 10.7. The second-order valence-electron chi connectivity index (χ2n) is 8.88. The van der Waals surface area contributed by atoms with Gasteiger partial charge < -0.3 is 30.2 Å². The van der Waals surface area contributed by atoms with E-state index in [1.807, 2.05) is 0 Å². The van der Waals surface area contributed by atoms with Crippen LogP contribution in [0.5, 0.6) is 11.5 Å². The lowest BCUT2D eigenvalue weighted by Gasteiger charge is -2.16. The van der Waals surface area contributed by atoms with E-state index in [2.05, 4.69) is 41.7 Å². The molecule has 0 fully saturated rings. The maximum absolute atomic E-state index is 14.5. The first-order chi connectivity index (χ1) is 16.6. The Hall–Kier alpha value is -3.36. The second kappa shape index (κ2) is 12.9. The predicted octanol–water partition coefficient (Wildman–Crippen LogP) is 5.13. The van der Waals surface area contributed by atoms with Gasteiger partial charge in [-0.25, -0.2) is 9.18 Å². The number of ether oxygens (including phenoxy) is 3. The molecule has 0 radical (unpaired) electrons. The Bertz CT molecular complexity index is 1100. The van der Waals surface area contributed by atoms with Crippen LogP contribution in [0.15, 0.2) is 30.3 Å². The monoisotopic (exact) mass is 518 g/mol. The number of methoxy groups -OCH3 is 2. The van der Waals surface area contributed by atoms with Crippen molar-refractivity contribution in [3.63, 3.8) is 0 Å². The van der Waals surface area contributed by atoms with Gasteiger partial charge in [0.2, 0.25) is 0 Å². The Morgan fingerprint density at radius 1 is 1.17 bits per heavy atom. The highest BCUT2D eigenvalue weighted by Crippen LogP contribution is 2.30. The Morgan fingerprint density at radius 2 is 1.91 bits per heavy atom. The van der Waals surface area contributed by atoms with E-state index in [1.54, 1.807) is 18.2 Å². The van der Waals surface area contributed by atoms with Crippen LogP contribution in [-0.4, -0.2) is 46.5 Å². The summed E-state index contributed by atoms with van der Waals surface area (Å²) in [5.74, 6) is -0.130. The van der Waals surface area contributed by atoms with Crippen molar-refractivity contribution in [2.24, 2.45) is 0 Å². The highest BCUT2D eigenvalue weighted by atomic mass is 32.1. The van der Waals surface area contributed by atoms with Gasteiger partial charge in [0, 0.05) is 32.4 Å². The summed E-state index contributed by atoms with van der Waals surface area (Å²) in [5, 5.41) is 18.1. The number of nitrogens with zero attached hydrogens (tertiary/aromatic N) is 1. The van der Waals surface area contributed by atoms with Crippen LogP contribution in [0.3, 0.4) is 0 Å². The van der Waals surface area contributed by atoms with Crippen LogP contribution in [0.1, 0.15) is 11.1 Å². The molecule has 0 aromatic heterocycles. The van der Waals surface area contributed by atoms with Crippen LogP contribution in [-0.2, 0) is 11.3 Å². The minimum atomic E-state index is -1.29. The van der Waals surface area contributed by atoms with Crippen molar-refractivity contribution >= 4 is 42.7 Å². The van der Waals surface area contributed by atoms with Gasteiger partial charge in [-0.3, -0.25) is 0 Å². The molecule has 0 aliphatic rings. The number of carbonyl (C=O) groups is 1. The lowest BCUT2D eigenvalue weighted by Crippen LogP contribution is -2.28. The number of nitrogens with one attached hydrogen (secondary N) is 3. The van der Waals surface area contributed by atoms with E-state index in [9.17, 15) is 14.4 Å². The van der Waals surface area contributed by atoms with Gasteiger partial charge in [0.05, 0.1) is 49.7 Å². The number of amides is 1. The van der Waals surface area contributed by atoms with Gasteiger partial charge in [-0.05, 0) is 29.8 Å². The van der Waals surface area contributed by atoms with E-state index in [1.165, 1.54) is 26.4 Å². The van der Waals surface area contributed by atoms with Gasteiger partial charge in [-0.2, -0.15) is 5.26 Å². The van der Waals surface area contributed by atoms with Gasteiger partial charge in [-0.15, -0.1) is 0 Å². The standard InChI is InChI=1S/C24H31FN4O4SSi/c1-31-19-11-20(23(25)21(12-19)32-2)29-22(34)15-27-18-7-6-16(13-26)17(10-18)14-28-24(30)33-8-9-35(3,4)5/h6-7,10-12,27H,8-9,14-15H2,1-5H3,(H,28,30)(H,29,34). The summed E-state index contributed by atoms with van der Waals surface area (Å²) >= 11 is 5.34. The highest BCUT2D eigenvalue weighted by molar-refractivity contribution is 7.80. The van der Waals surface area contributed by atoms with E-state index < -0.39 is 20.0 Å². The van der Waals surface area contributed by atoms with Crippen LogP contribution in [0.25, 0.3) is 0 Å². The summed E-state index contributed by atoms with van der Waals surface area (Å²) in [7, 11) is 1.55. The lowest BCUT2D eigenvalue weighted by atomic mass is 10.1. The number of rotatable bonds is 11. The summed E-state index contributed by atoms with van der Waals surface area (Å²) in [6.45, 7) is 7.33. The molecule has 0 aliphatic heterocycles. The van der Waals surface area contributed by atoms with E-state index in [0.29, 0.717) is 34.2 Å². The van der Waals surface area contributed by atoms with Crippen LogP contribution >= 0.6 is 12.2 Å². The van der Waals surface area contributed by atoms with Gasteiger partial charge in [0.25, 0.3) is 0 Å². The average molecular weight is 519 g/mol. The maximum atomic E-state index is 14.5. The zero-order valence-corrected chi connectivity index (χ0v) is 22.4. The summed E-state index contributed by atoms with van der Waals surface area (Å²) in [6, 6.07) is 11.0. The molecular weight excluding hydrogens is 487 g/mol. The number of nitriles is 1. The van der Waals surface area contributed by atoms with E-state index in [0.717, 1.165) is 6.04 Å². The van der Waals surface area contributed by atoms with Crippen molar-refractivity contribution in [1.29, 1.82) is 5.26 Å². The zero-order chi connectivity index (χ0) is 26.0. The van der Waals surface area contributed by atoms with E-state index in [4.69, 9.17) is 26.4 Å². The minimum Gasteiger partial charge on any atom is -0.497 e. The van der Waals surface area contributed by atoms with Crippen molar-refractivity contribution in [2.75, 3.05) is 38.0 Å². The molecule has 2 aromatic rings. The molecule has 0 saturated carbocycles. The van der Waals surface area contributed by atoms with Gasteiger partial charge in [0.1, 0.15) is 5.75 Å². The van der Waals surface area contributed by atoms with Crippen LogP contribution < -0.4 is 25.4 Å². The predicted molar refractivity (Wildman–Crippen MR) is 142 cm³/mol. The van der Waals surface area contributed by atoms with Crippen molar-refractivity contribution in [3.8, 4) is 17.6 Å². The maximum Gasteiger partial charge on any atom is 0.407 e. The number of alkyl carbamates (subject to hydrolysis) is 1. The molecule has 0 heterocycles. The first-order valence-corrected chi connectivity index (χ1v) is 15.1. The van der Waals surface area contributed by atoms with Crippen LogP contribution in [0.2, 0.25) is 25.7 Å². The van der Waals surface area contributed by atoms with E-state index in [-0.39, 0.29) is 24.5 Å². The Labute approximate surface area is 211 Å². The van der Waals surface area contributed by atoms with Crippen molar-refractivity contribution < 1.29 is 23.4 Å². The fourth-order valence-electron chi connectivity index (χ4n) is 2.93. The van der Waals surface area contributed by atoms with E-state index >= 15 is 0 Å². The molecule has 0 aliphatic carbocycles. The number of benzene rings is 2. The molecule has 0 saturated heterocycles. The SMILES string of the molecule is COc1cc(NC(=S)CNc2ccc(C#N)c(CNC(=O)OCC[Si](C)(C)C)c2)c(F)c(OC)c1. The zero-order valence-electron chi connectivity index (χ0n) is 20.6. The van der Waals surface area contributed by atoms with Gasteiger partial charge >= 0.3 is 6.09 Å². The molecule has 1 amide bonds. The summed E-state index contributed by atoms with van der Waals surface area (Å²) < 4.78 is 30.0. The smallest absolute Gasteiger partial charge is 0.407 e. The lowest BCUT2D eigenvalue weighted by molar-refractivity contribution is 0.151. The number of anilines is 2. The molecule has 0 unspecified atom stereocenters. The summed E-state index contributed by atoms with van der Waals surface area (Å²) in [6.07, 6.45) is -0.522. The van der Waals surface area contributed by atoms with Gasteiger partial charge in [0.15, 0.2) is 11.6 Å². The molecule has 0 bridgehead atoms. The minimum absolute atomic E-state index is 0.0332. The first kappa shape index (κ1) is 27.9. The summed E-state index contributed by atoms with van der Waals surface area (Å²) in [5.41, 5.74) is 1.87. The molecule has 8 nitrogen and oxygen atoms in total. The number of halogens is 1. The largest absolute Gasteiger partial charge is 0.497 e. The molecule has 0 spiro atoms. The Balaban J connectivity index is 1.97. The van der Waals surface area contributed by atoms with Crippen molar-refractivity contribution in [2.45, 2.75) is 32.2 Å². The third kappa shape index (κ3) is 9.07. The van der Waals surface area contributed by atoms with Crippen molar-refractivity contribution in [1.82, 2.24) is 5.32 Å². The molecule has 35 heavy (non-hydrogen) atoms. The number of hydrogen-bond donors (Lipinski definition) is 3. The molecule has 2 rings (SSSR count). The summed E-state index contributed by atoms with van der Waals surface area (Å²) in [4.78, 5) is 12.3. The quantitative estimate of drug-likeness (QED) is 0.278. The van der Waals surface area contributed by atoms with Crippen LogP contribution in [0, 0.1) is 17.1 Å². The molecule has 11 heteroatoms. The third-order valence-corrected chi connectivity index (χ3v) is 6.88. The molecule has 0 atom stereocenters. The fraction of sp³-hybridized carbons (Fsp3) is 0.375. The number of thiocarbonyl (C=S) groups is 1. The topological polar surface area (TPSA) is 105 Å². The Kier molecular flexibility index (Phi) is 10.3. The average Bonchev–Trinajstić information content (AvgIpc) is 2.81.